The molecule has 4 rings (SSSR count). The molecule has 0 radical (unpaired) electrons. The molecule has 1 aliphatic rings. The zero-order valence-electron chi connectivity index (χ0n) is 13.3. The van der Waals surface area contributed by atoms with Gasteiger partial charge in [-0.15, -0.1) is 11.3 Å². The highest BCUT2D eigenvalue weighted by Gasteiger charge is 2.14. The first-order valence-corrected chi connectivity index (χ1v) is 8.71. The lowest BCUT2D eigenvalue weighted by Gasteiger charge is -2.05. The average molecular weight is 353 g/mol. The number of amides is 1. The molecule has 0 saturated heterocycles. The number of carbonyl (C=O) groups excluding carboxylic acids is 1. The Morgan fingerprint density at radius 1 is 1.20 bits per heavy atom. The first-order valence-electron chi connectivity index (χ1n) is 7.83. The molecule has 0 spiro atoms. The summed E-state index contributed by atoms with van der Waals surface area (Å²) in [6.07, 6.45) is 2.69. The third-order valence-corrected chi connectivity index (χ3v) is 4.61. The van der Waals surface area contributed by atoms with Crippen molar-refractivity contribution in [3.8, 4) is 22.2 Å². The van der Waals surface area contributed by atoms with Crippen LogP contribution in [-0.4, -0.2) is 22.7 Å². The molecular weight excluding hydrogens is 338 g/mol. The largest absolute Gasteiger partial charge is 0.454 e. The van der Waals surface area contributed by atoms with Crippen LogP contribution in [0.25, 0.3) is 10.7 Å². The first-order chi connectivity index (χ1) is 12.3. The molecule has 3 heterocycles. The summed E-state index contributed by atoms with van der Waals surface area (Å²) in [6.45, 7) is 0.217. The van der Waals surface area contributed by atoms with Gasteiger partial charge in [-0.2, -0.15) is 0 Å². The summed E-state index contributed by atoms with van der Waals surface area (Å²) in [6, 6.07) is 11.1. The lowest BCUT2D eigenvalue weighted by molar-refractivity contribution is -0.116. The zero-order chi connectivity index (χ0) is 17.1. The fraction of sp³-hybridized carbons (Fsp3) is 0.167. The first kappa shape index (κ1) is 15.6. The Morgan fingerprint density at radius 3 is 3.00 bits per heavy atom. The van der Waals surface area contributed by atoms with Crippen molar-refractivity contribution in [2.24, 2.45) is 0 Å². The average Bonchev–Trinajstić information content (AvgIpc) is 3.30. The van der Waals surface area contributed by atoms with Crippen molar-refractivity contribution in [1.82, 2.24) is 9.97 Å². The molecule has 1 amide bonds. The SMILES string of the molecule is O=C(CCc1csc(-c2ccccn2)n1)Nc1ccc2c(c1)OCO2. The summed E-state index contributed by atoms with van der Waals surface area (Å²) in [4.78, 5) is 21.0. The number of fused-ring (bicyclic) bond motifs is 1. The molecular formula is C18H15N3O3S. The van der Waals surface area contributed by atoms with E-state index in [1.165, 1.54) is 11.3 Å². The smallest absolute Gasteiger partial charge is 0.231 e. The number of rotatable bonds is 5. The van der Waals surface area contributed by atoms with E-state index in [1.807, 2.05) is 23.6 Å². The van der Waals surface area contributed by atoms with Gasteiger partial charge in [0.2, 0.25) is 12.7 Å². The van der Waals surface area contributed by atoms with Crippen LogP contribution in [0, 0.1) is 0 Å². The van der Waals surface area contributed by atoms with E-state index in [4.69, 9.17) is 9.47 Å². The predicted molar refractivity (Wildman–Crippen MR) is 94.9 cm³/mol. The molecule has 1 N–H and O–H groups in total. The van der Waals surface area contributed by atoms with Gasteiger partial charge in [0.05, 0.1) is 11.4 Å². The molecule has 126 valence electrons. The van der Waals surface area contributed by atoms with Gasteiger partial charge in [0.15, 0.2) is 11.5 Å². The van der Waals surface area contributed by atoms with Crippen LogP contribution < -0.4 is 14.8 Å². The molecule has 0 bridgehead atoms. The van der Waals surface area contributed by atoms with Crippen molar-refractivity contribution in [1.29, 1.82) is 0 Å². The Labute approximate surface area is 148 Å². The van der Waals surface area contributed by atoms with Gasteiger partial charge >= 0.3 is 0 Å². The van der Waals surface area contributed by atoms with Gasteiger partial charge in [-0.25, -0.2) is 4.98 Å². The van der Waals surface area contributed by atoms with Crippen LogP contribution >= 0.6 is 11.3 Å². The van der Waals surface area contributed by atoms with E-state index in [0.29, 0.717) is 30.0 Å². The number of pyridine rings is 1. The minimum atomic E-state index is -0.0637. The summed E-state index contributed by atoms with van der Waals surface area (Å²) in [7, 11) is 0. The van der Waals surface area contributed by atoms with Crippen LogP contribution in [0.3, 0.4) is 0 Å². The van der Waals surface area contributed by atoms with Crippen LogP contribution in [0.5, 0.6) is 11.5 Å². The van der Waals surface area contributed by atoms with Crippen molar-refractivity contribution >= 4 is 22.9 Å². The molecule has 0 unspecified atom stereocenters. The van der Waals surface area contributed by atoms with Crippen LogP contribution in [0.15, 0.2) is 48.0 Å². The van der Waals surface area contributed by atoms with E-state index in [9.17, 15) is 4.79 Å². The monoisotopic (exact) mass is 353 g/mol. The van der Waals surface area contributed by atoms with E-state index in [0.717, 1.165) is 16.4 Å². The van der Waals surface area contributed by atoms with Crippen LogP contribution in [0.2, 0.25) is 0 Å². The molecule has 1 aliphatic heterocycles. The lowest BCUT2D eigenvalue weighted by atomic mass is 10.2. The van der Waals surface area contributed by atoms with E-state index in [1.54, 1.807) is 24.4 Å². The van der Waals surface area contributed by atoms with E-state index in [2.05, 4.69) is 15.3 Å². The minimum absolute atomic E-state index is 0.0637. The maximum absolute atomic E-state index is 12.1. The highest BCUT2D eigenvalue weighted by molar-refractivity contribution is 7.13. The summed E-state index contributed by atoms with van der Waals surface area (Å²) in [5.74, 6) is 1.28. The number of hydrogen-bond donors (Lipinski definition) is 1. The molecule has 3 aromatic rings. The molecule has 0 fully saturated rings. The molecule has 0 atom stereocenters. The maximum atomic E-state index is 12.1. The van der Waals surface area contributed by atoms with Crippen molar-refractivity contribution in [2.75, 3.05) is 12.1 Å². The van der Waals surface area contributed by atoms with Crippen molar-refractivity contribution in [3.63, 3.8) is 0 Å². The van der Waals surface area contributed by atoms with Gasteiger partial charge in [0.1, 0.15) is 5.01 Å². The molecule has 7 heteroatoms. The number of thiazole rings is 1. The predicted octanol–water partition coefficient (Wildman–Crippen LogP) is 3.51. The highest BCUT2D eigenvalue weighted by Crippen LogP contribution is 2.34. The second kappa shape index (κ2) is 6.90. The Bertz CT molecular complexity index is 896. The number of benzene rings is 1. The Balaban J connectivity index is 1.34. The molecule has 25 heavy (non-hydrogen) atoms. The maximum Gasteiger partial charge on any atom is 0.231 e. The van der Waals surface area contributed by atoms with Gasteiger partial charge in [0, 0.05) is 29.8 Å². The van der Waals surface area contributed by atoms with Crippen molar-refractivity contribution in [2.45, 2.75) is 12.8 Å². The molecule has 6 nitrogen and oxygen atoms in total. The number of aromatic nitrogens is 2. The minimum Gasteiger partial charge on any atom is -0.454 e. The fourth-order valence-electron chi connectivity index (χ4n) is 2.47. The quantitative estimate of drug-likeness (QED) is 0.760. The second-order valence-corrected chi connectivity index (χ2v) is 6.33. The van der Waals surface area contributed by atoms with Gasteiger partial charge in [0.25, 0.3) is 0 Å². The summed E-state index contributed by atoms with van der Waals surface area (Å²) >= 11 is 1.54. The lowest BCUT2D eigenvalue weighted by Crippen LogP contribution is -2.12. The van der Waals surface area contributed by atoms with E-state index >= 15 is 0 Å². The number of ether oxygens (including phenoxy) is 2. The van der Waals surface area contributed by atoms with Gasteiger partial charge in [-0.05, 0) is 30.7 Å². The summed E-state index contributed by atoms with van der Waals surface area (Å²) in [5.41, 5.74) is 2.44. The van der Waals surface area contributed by atoms with E-state index in [-0.39, 0.29) is 12.7 Å². The van der Waals surface area contributed by atoms with E-state index < -0.39 is 0 Å². The normalized spacial score (nSPS) is 12.2. The summed E-state index contributed by atoms with van der Waals surface area (Å²) < 4.78 is 10.6. The Morgan fingerprint density at radius 2 is 2.12 bits per heavy atom. The standard InChI is InChI=1S/C18H15N3O3S/c22-17(20-12-4-6-15-16(9-12)24-11-23-15)7-5-13-10-25-18(21-13)14-3-1-2-8-19-14/h1-4,6,8-10H,5,7,11H2,(H,20,22). The number of nitrogens with one attached hydrogen (secondary N) is 1. The fourth-order valence-corrected chi connectivity index (χ4v) is 3.30. The van der Waals surface area contributed by atoms with Gasteiger partial charge in [-0.3, -0.25) is 9.78 Å². The van der Waals surface area contributed by atoms with Gasteiger partial charge < -0.3 is 14.8 Å². The van der Waals surface area contributed by atoms with Crippen LogP contribution in [0.1, 0.15) is 12.1 Å². The van der Waals surface area contributed by atoms with Crippen LogP contribution in [0.4, 0.5) is 5.69 Å². The second-order valence-electron chi connectivity index (χ2n) is 5.48. The highest BCUT2D eigenvalue weighted by atomic mass is 32.1. The van der Waals surface area contributed by atoms with Crippen molar-refractivity contribution in [3.05, 3.63) is 53.7 Å². The number of nitrogens with zero attached hydrogens (tertiary/aromatic N) is 2. The van der Waals surface area contributed by atoms with Gasteiger partial charge in [-0.1, -0.05) is 6.07 Å². The third-order valence-electron chi connectivity index (χ3n) is 3.70. The number of anilines is 1. The molecule has 1 aromatic carbocycles. The number of hydrogen-bond acceptors (Lipinski definition) is 6. The Kier molecular flexibility index (Phi) is 4.30. The molecule has 0 saturated carbocycles. The Hall–Kier alpha value is -2.93. The van der Waals surface area contributed by atoms with Crippen molar-refractivity contribution < 1.29 is 14.3 Å². The number of carbonyl (C=O) groups is 1. The number of aryl methyl sites for hydroxylation is 1. The topological polar surface area (TPSA) is 73.3 Å². The molecule has 0 aliphatic carbocycles. The zero-order valence-corrected chi connectivity index (χ0v) is 14.1. The third kappa shape index (κ3) is 3.61. The summed E-state index contributed by atoms with van der Waals surface area (Å²) in [5, 5.41) is 5.71. The molecule has 2 aromatic heterocycles. The van der Waals surface area contributed by atoms with Crippen LogP contribution in [-0.2, 0) is 11.2 Å².